The predicted molar refractivity (Wildman–Crippen MR) is 79.0 cm³/mol. The summed E-state index contributed by atoms with van der Waals surface area (Å²) in [6.45, 7) is 11.3. The van der Waals surface area contributed by atoms with Gasteiger partial charge in [0.05, 0.1) is 11.2 Å². The molecule has 1 aliphatic heterocycles. The van der Waals surface area contributed by atoms with Crippen LogP contribution in [0.1, 0.15) is 41.5 Å². The molecule has 1 aromatic heterocycles. The molecule has 0 saturated carbocycles. The maximum atomic E-state index is 11.0. The Labute approximate surface area is 124 Å². The van der Waals surface area contributed by atoms with Gasteiger partial charge in [-0.3, -0.25) is 14.8 Å². The highest BCUT2D eigenvalue weighted by molar-refractivity contribution is 6.61. The highest BCUT2D eigenvalue weighted by atomic mass is 16.7. The summed E-state index contributed by atoms with van der Waals surface area (Å²) in [5, 5.41) is 15.1. The Morgan fingerprint density at radius 2 is 1.86 bits per heavy atom. The largest absolute Gasteiger partial charge is 0.498 e. The van der Waals surface area contributed by atoms with Gasteiger partial charge in [0.2, 0.25) is 5.54 Å². The van der Waals surface area contributed by atoms with Crippen molar-refractivity contribution in [3.8, 4) is 0 Å². The van der Waals surface area contributed by atoms with E-state index in [0.717, 1.165) is 5.46 Å². The molecule has 21 heavy (non-hydrogen) atoms. The van der Waals surface area contributed by atoms with Crippen molar-refractivity contribution in [1.82, 2.24) is 9.78 Å². The van der Waals surface area contributed by atoms with Crippen LogP contribution in [0.2, 0.25) is 0 Å². The van der Waals surface area contributed by atoms with Crippen LogP contribution in [-0.2, 0) is 15.9 Å². The Balaban J connectivity index is 2.13. The minimum atomic E-state index is -1.07. The van der Waals surface area contributed by atoms with E-state index in [1.807, 2.05) is 27.7 Å². The van der Waals surface area contributed by atoms with Crippen LogP contribution in [0.15, 0.2) is 12.4 Å². The third-order valence-electron chi connectivity index (χ3n) is 4.22. The molecule has 1 aromatic rings. The number of nitro groups is 1. The van der Waals surface area contributed by atoms with Crippen LogP contribution in [0.25, 0.3) is 0 Å². The third-order valence-corrected chi connectivity index (χ3v) is 4.22. The van der Waals surface area contributed by atoms with E-state index in [9.17, 15) is 10.1 Å². The van der Waals surface area contributed by atoms with Gasteiger partial charge in [0.25, 0.3) is 0 Å². The van der Waals surface area contributed by atoms with Crippen molar-refractivity contribution in [3.63, 3.8) is 0 Å². The van der Waals surface area contributed by atoms with Crippen molar-refractivity contribution in [2.24, 2.45) is 0 Å². The molecule has 0 bridgehead atoms. The first-order valence-electron chi connectivity index (χ1n) is 6.97. The van der Waals surface area contributed by atoms with Gasteiger partial charge >= 0.3 is 7.12 Å². The SMILES string of the molecule is CC(C)(Cn1cc(B2OC(C)(C)C(C)(C)O2)cn1)[N+](=O)[O-]. The molecule has 8 heteroatoms. The van der Waals surface area contributed by atoms with Crippen LogP contribution in [0.5, 0.6) is 0 Å². The topological polar surface area (TPSA) is 79.4 Å². The van der Waals surface area contributed by atoms with Crippen molar-refractivity contribution < 1.29 is 14.2 Å². The minimum absolute atomic E-state index is 0.194. The molecule has 7 nitrogen and oxygen atoms in total. The number of aromatic nitrogens is 2. The van der Waals surface area contributed by atoms with Crippen molar-refractivity contribution in [1.29, 1.82) is 0 Å². The molecule has 2 heterocycles. The van der Waals surface area contributed by atoms with Crippen LogP contribution >= 0.6 is 0 Å². The zero-order valence-electron chi connectivity index (χ0n) is 13.4. The van der Waals surface area contributed by atoms with Gasteiger partial charge in [0.1, 0.15) is 6.54 Å². The van der Waals surface area contributed by atoms with Gasteiger partial charge < -0.3 is 9.31 Å². The van der Waals surface area contributed by atoms with Crippen molar-refractivity contribution in [3.05, 3.63) is 22.5 Å². The first-order valence-corrected chi connectivity index (χ1v) is 6.97. The Hall–Kier alpha value is -1.41. The Bertz CT molecular complexity index is 537. The predicted octanol–water partition coefficient (Wildman–Crippen LogP) is 1.24. The molecule has 0 amide bonds. The van der Waals surface area contributed by atoms with E-state index in [1.54, 1.807) is 30.9 Å². The lowest BCUT2D eigenvalue weighted by Crippen LogP contribution is -2.41. The maximum absolute atomic E-state index is 11.0. The molecule has 1 aliphatic rings. The Morgan fingerprint density at radius 3 is 2.33 bits per heavy atom. The molecule has 1 fully saturated rings. The summed E-state index contributed by atoms with van der Waals surface area (Å²) in [5.41, 5.74) is -1.13. The van der Waals surface area contributed by atoms with Crippen LogP contribution < -0.4 is 5.46 Å². The lowest BCUT2D eigenvalue weighted by atomic mass is 9.82. The van der Waals surface area contributed by atoms with Gasteiger partial charge in [-0.25, -0.2) is 0 Å². The van der Waals surface area contributed by atoms with Gasteiger partial charge in [-0.2, -0.15) is 5.10 Å². The van der Waals surface area contributed by atoms with Crippen molar-refractivity contribution >= 4 is 12.6 Å². The number of hydrogen-bond acceptors (Lipinski definition) is 5. The summed E-state index contributed by atoms with van der Waals surface area (Å²) in [6.07, 6.45) is 3.38. The molecular weight excluding hydrogens is 273 g/mol. The maximum Gasteiger partial charge on any atom is 0.498 e. The van der Waals surface area contributed by atoms with Crippen LogP contribution in [0, 0.1) is 10.1 Å². The Kier molecular flexibility index (Phi) is 3.66. The molecule has 0 atom stereocenters. The molecular formula is C13H22BN3O4. The van der Waals surface area contributed by atoms with E-state index in [2.05, 4.69) is 5.10 Å². The lowest BCUT2D eigenvalue weighted by molar-refractivity contribution is -0.563. The number of rotatable bonds is 4. The average molecular weight is 295 g/mol. The number of hydrogen-bond donors (Lipinski definition) is 0. The first-order chi connectivity index (χ1) is 9.45. The number of nitrogens with zero attached hydrogens (tertiary/aromatic N) is 3. The summed E-state index contributed by atoms with van der Waals surface area (Å²) in [5.74, 6) is 0. The highest BCUT2D eigenvalue weighted by Gasteiger charge is 2.52. The van der Waals surface area contributed by atoms with Gasteiger partial charge in [-0.1, -0.05) is 0 Å². The van der Waals surface area contributed by atoms with E-state index in [1.165, 1.54) is 0 Å². The molecule has 116 valence electrons. The smallest absolute Gasteiger partial charge is 0.399 e. The summed E-state index contributed by atoms with van der Waals surface area (Å²) >= 11 is 0. The highest BCUT2D eigenvalue weighted by Crippen LogP contribution is 2.36. The normalized spacial score (nSPS) is 20.8. The van der Waals surface area contributed by atoms with E-state index < -0.39 is 23.9 Å². The summed E-state index contributed by atoms with van der Waals surface area (Å²) < 4.78 is 13.4. The second-order valence-electron chi connectivity index (χ2n) is 7.13. The molecule has 0 N–H and O–H groups in total. The Morgan fingerprint density at radius 1 is 1.33 bits per heavy atom. The average Bonchev–Trinajstić information content (AvgIpc) is 2.82. The lowest BCUT2D eigenvalue weighted by Gasteiger charge is -2.32. The van der Waals surface area contributed by atoms with E-state index in [4.69, 9.17) is 9.31 Å². The molecule has 0 unspecified atom stereocenters. The van der Waals surface area contributed by atoms with E-state index in [0.29, 0.717) is 0 Å². The second-order valence-corrected chi connectivity index (χ2v) is 7.13. The molecule has 0 spiro atoms. The van der Waals surface area contributed by atoms with E-state index in [-0.39, 0.29) is 11.5 Å². The monoisotopic (exact) mass is 295 g/mol. The molecule has 1 saturated heterocycles. The minimum Gasteiger partial charge on any atom is -0.399 e. The summed E-state index contributed by atoms with van der Waals surface area (Å²) in [7, 11) is -0.498. The zero-order chi connectivity index (χ0) is 16.1. The fourth-order valence-electron chi connectivity index (χ4n) is 2.02. The molecule has 2 rings (SSSR count). The van der Waals surface area contributed by atoms with Crippen LogP contribution in [-0.4, -0.2) is 38.6 Å². The fourth-order valence-corrected chi connectivity index (χ4v) is 2.02. The quantitative estimate of drug-likeness (QED) is 0.474. The summed E-state index contributed by atoms with van der Waals surface area (Å²) in [4.78, 5) is 10.7. The third kappa shape index (κ3) is 2.96. The van der Waals surface area contributed by atoms with Gasteiger partial charge in [-0.05, 0) is 27.7 Å². The van der Waals surface area contributed by atoms with Crippen molar-refractivity contribution in [2.75, 3.05) is 0 Å². The first kappa shape index (κ1) is 16.0. The van der Waals surface area contributed by atoms with Crippen LogP contribution in [0.4, 0.5) is 0 Å². The van der Waals surface area contributed by atoms with Crippen molar-refractivity contribution in [2.45, 2.75) is 64.8 Å². The fraction of sp³-hybridized carbons (Fsp3) is 0.769. The van der Waals surface area contributed by atoms with Gasteiger partial charge in [0, 0.05) is 36.6 Å². The summed E-state index contributed by atoms with van der Waals surface area (Å²) in [6, 6.07) is 0. The standard InChI is InChI=1S/C13H22BN3O4/c1-11(2,17(18)19)9-16-8-10(7-15-16)14-20-12(3,4)13(5,6)21-14/h7-8H,9H2,1-6H3. The zero-order valence-corrected chi connectivity index (χ0v) is 13.4. The second kappa shape index (κ2) is 4.81. The molecule has 0 radical (unpaired) electrons. The van der Waals surface area contributed by atoms with E-state index >= 15 is 0 Å². The van der Waals surface area contributed by atoms with Gasteiger partial charge in [0.15, 0.2) is 0 Å². The molecule has 0 aromatic carbocycles. The van der Waals surface area contributed by atoms with Gasteiger partial charge in [-0.15, -0.1) is 0 Å². The molecule has 0 aliphatic carbocycles. The van der Waals surface area contributed by atoms with Crippen LogP contribution in [0.3, 0.4) is 0 Å².